The Bertz CT molecular complexity index is 1790. The van der Waals surface area contributed by atoms with E-state index in [0.717, 1.165) is 89.9 Å². The van der Waals surface area contributed by atoms with Crippen LogP contribution in [0.25, 0.3) is 0 Å². The molecule has 0 rings (SSSR count). The zero-order valence-electron chi connectivity index (χ0n) is 60.9. The minimum absolute atomic E-state index is 0.107. The van der Waals surface area contributed by atoms with E-state index in [-0.39, 0.29) is 25.7 Å². The molecule has 17 nitrogen and oxygen atoms in total. The molecule has 2 unspecified atom stereocenters. The van der Waals surface area contributed by atoms with Crippen molar-refractivity contribution in [2.75, 3.05) is 39.6 Å². The van der Waals surface area contributed by atoms with Gasteiger partial charge in [-0.15, -0.1) is 0 Å². The largest absolute Gasteiger partial charge is 0.472 e. The van der Waals surface area contributed by atoms with Crippen molar-refractivity contribution >= 4 is 39.5 Å². The van der Waals surface area contributed by atoms with Crippen molar-refractivity contribution in [2.24, 2.45) is 0 Å². The predicted molar refractivity (Wildman–Crippen MR) is 382 cm³/mol. The highest BCUT2D eigenvalue weighted by Crippen LogP contribution is 2.45. The van der Waals surface area contributed by atoms with Gasteiger partial charge in [0.1, 0.15) is 19.3 Å². The van der Waals surface area contributed by atoms with Gasteiger partial charge in [-0.1, -0.05) is 349 Å². The van der Waals surface area contributed by atoms with Crippen LogP contribution in [0.15, 0.2) is 0 Å². The fourth-order valence-corrected chi connectivity index (χ4v) is 13.2. The van der Waals surface area contributed by atoms with Crippen LogP contribution < -0.4 is 0 Å². The fraction of sp³-hybridized carbons (Fsp3) is 0.947. The average molecular weight is 1380 g/mol. The fourth-order valence-electron chi connectivity index (χ4n) is 11.6. The molecule has 94 heavy (non-hydrogen) atoms. The molecular formula is C75H146O17P2. The summed E-state index contributed by atoms with van der Waals surface area (Å²) in [7, 11) is -9.90. The quantitative estimate of drug-likeness (QED) is 0.0222. The number of ether oxygens (including phenoxy) is 4. The van der Waals surface area contributed by atoms with Crippen LogP contribution in [0.5, 0.6) is 0 Å². The summed E-state index contributed by atoms with van der Waals surface area (Å²) < 4.78 is 68.4. The smallest absolute Gasteiger partial charge is 0.462 e. The second-order valence-electron chi connectivity index (χ2n) is 27.0. The molecule has 0 bridgehead atoms. The van der Waals surface area contributed by atoms with E-state index in [9.17, 15) is 43.2 Å². The topological polar surface area (TPSA) is 237 Å². The van der Waals surface area contributed by atoms with Crippen LogP contribution >= 0.6 is 15.6 Å². The molecule has 0 aromatic rings. The minimum atomic E-state index is -4.95. The van der Waals surface area contributed by atoms with E-state index >= 15 is 0 Å². The maximum Gasteiger partial charge on any atom is 0.472 e. The number of phosphoric acid groups is 2. The highest BCUT2D eigenvalue weighted by atomic mass is 31.2. The molecule has 0 heterocycles. The Morgan fingerprint density at radius 2 is 0.426 bits per heavy atom. The van der Waals surface area contributed by atoms with Crippen LogP contribution in [-0.2, 0) is 65.4 Å². The Labute approximate surface area is 575 Å². The van der Waals surface area contributed by atoms with Crippen LogP contribution in [0.1, 0.15) is 400 Å². The Morgan fingerprint density at radius 1 is 0.255 bits per heavy atom. The van der Waals surface area contributed by atoms with Gasteiger partial charge < -0.3 is 33.8 Å². The number of aliphatic hydroxyl groups is 1. The average Bonchev–Trinajstić information content (AvgIpc) is 1.59. The van der Waals surface area contributed by atoms with Gasteiger partial charge in [0.25, 0.3) is 0 Å². The standard InChI is InChI=1S/C75H146O17P2/c1-5-9-13-17-21-25-28-30-32-34-35-37-39-42-46-50-54-58-62-75(80)92-71(66-86-73(78)60-56-52-48-44-41-38-36-33-31-29-26-22-18-14-10-6-2)68-90-94(83,84)88-64-69(76)63-87-93(81,82)89-67-70(65-85-72(77)59-55-51-47-43-24-20-16-12-8-4)91-74(79)61-57-53-49-45-40-27-23-19-15-11-7-3/h69-71,76H,5-68H2,1-4H3,(H,81,82)(H,83,84)/t69-,70+,71+/m0/s1. The molecule has 0 saturated carbocycles. The van der Waals surface area contributed by atoms with E-state index in [2.05, 4.69) is 27.7 Å². The molecule has 0 aliphatic rings. The highest BCUT2D eigenvalue weighted by molar-refractivity contribution is 7.47. The van der Waals surface area contributed by atoms with Gasteiger partial charge >= 0.3 is 39.5 Å². The molecule has 0 saturated heterocycles. The Kier molecular flexibility index (Phi) is 68.1. The first kappa shape index (κ1) is 92.1. The first-order valence-corrected chi connectivity index (χ1v) is 42.3. The number of rotatable bonds is 76. The number of carbonyl (C=O) groups is 4. The van der Waals surface area contributed by atoms with Crippen LogP contribution in [-0.4, -0.2) is 96.7 Å². The zero-order chi connectivity index (χ0) is 69.0. The molecule has 3 N–H and O–H groups in total. The molecule has 0 aliphatic carbocycles. The van der Waals surface area contributed by atoms with Gasteiger partial charge in [-0.3, -0.25) is 37.3 Å². The number of carbonyl (C=O) groups excluding carboxylic acids is 4. The third-order valence-corrected chi connectivity index (χ3v) is 19.5. The lowest BCUT2D eigenvalue weighted by Gasteiger charge is -2.21. The van der Waals surface area contributed by atoms with Gasteiger partial charge in [0.05, 0.1) is 26.4 Å². The Morgan fingerprint density at radius 3 is 0.628 bits per heavy atom. The SMILES string of the molecule is CCCCCCCCCCCCCCCCCCCCC(=O)O[C@H](COC(=O)CCCCCCCCCCCCCCCCCC)COP(=O)(O)OC[C@@H](O)COP(=O)(O)OC[C@@H](COC(=O)CCCCCCCCCCC)OC(=O)CCCCCCCCCCCCC. The first-order chi connectivity index (χ1) is 45.7. The summed E-state index contributed by atoms with van der Waals surface area (Å²) >= 11 is 0. The van der Waals surface area contributed by atoms with E-state index in [1.54, 1.807) is 0 Å². The second-order valence-corrected chi connectivity index (χ2v) is 29.9. The molecule has 0 fully saturated rings. The number of aliphatic hydroxyl groups excluding tert-OH is 1. The number of hydrogen-bond donors (Lipinski definition) is 3. The summed E-state index contributed by atoms with van der Waals surface area (Å²) in [6.07, 6.45) is 59.6. The monoisotopic (exact) mass is 1380 g/mol. The van der Waals surface area contributed by atoms with Gasteiger partial charge in [0, 0.05) is 25.7 Å². The molecule has 5 atom stereocenters. The van der Waals surface area contributed by atoms with Gasteiger partial charge in [-0.2, -0.15) is 0 Å². The third kappa shape index (κ3) is 68.6. The van der Waals surface area contributed by atoms with Crippen molar-refractivity contribution in [1.29, 1.82) is 0 Å². The number of unbranched alkanes of at least 4 members (excludes halogenated alkanes) is 50. The van der Waals surface area contributed by atoms with E-state index in [0.29, 0.717) is 25.7 Å². The maximum atomic E-state index is 13.1. The molecule has 0 aromatic carbocycles. The van der Waals surface area contributed by atoms with Crippen molar-refractivity contribution in [3.8, 4) is 0 Å². The van der Waals surface area contributed by atoms with E-state index in [4.69, 9.17) is 37.0 Å². The van der Waals surface area contributed by atoms with E-state index < -0.39 is 97.5 Å². The highest BCUT2D eigenvalue weighted by Gasteiger charge is 2.30. The molecule has 558 valence electrons. The van der Waals surface area contributed by atoms with Crippen molar-refractivity contribution in [3.05, 3.63) is 0 Å². The molecular weight excluding hydrogens is 1230 g/mol. The van der Waals surface area contributed by atoms with E-state index in [1.807, 2.05) is 0 Å². The summed E-state index contributed by atoms with van der Waals surface area (Å²) in [4.78, 5) is 72.7. The van der Waals surface area contributed by atoms with Crippen molar-refractivity contribution < 1.29 is 80.2 Å². The number of esters is 4. The lowest BCUT2D eigenvalue weighted by molar-refractivity contribution is -0.161. The minimum Gasteiger partial charge on any atom is -0.462 e. The molecule has 0 aliphatic heterocycles. The summed E-state index contributed by atoms with van der Waals surface area (Å²) in [5.74, 6) is -2.11. The third-order valence-electron chi connectivity index (χ3n) is 17.6. The van der Waals surface area contributed by atoms with Gasteiger partial charge in [0.15, 0.2) is 12.2 Å². The zero-order valence-corrected chi connectivity index (χ0v) is 62.7. The lowest BCUT2D eigenvalue weighted by atomic mass is 10.0. The van der Waals surface area contributed by atoms with Gasteiger partial charge in [-0.05, 0) is 25.7 Å². The first-order valence-electron chi connectivity index (χ1n) is 39.3. The lowest BCUT2D eigenvalue weighted by Crippen LogP contribution is -2.30. The van der Waals surface area contributed by atoms with Crippen molar-refractivity contribution in [3.63, 3.8) is 0 Å². The van der Waals surface area contributed by atoms with Crippen LogP contribution in [0.4, 0.5) is 0 Å². The van der Waals surface area contributed by atoms with Crippen LogP contribution in [0, 0.1) is 0 Å². The summed E-state index contributed by atoms with van der Waals surface area (Å²) in [5.41, 5.74) is 0. The molecule has 0 radical (unpaired) electrons. The van der Waals surface area contributed by atoms with Gasteiger partial charge in [0.2, 0.25) is 0 Å². The van der Waals surface area contributed by atoms with Crippen molar-refractivity contribution in [2.45, 2.75) is 418 Å². The van der Waals surface area contributed by atoms with Crippen LogP contribution in [0.2, 0.25) is 0 Å². The number of hydrogen-bond acceptors (Lipinski definition) is 15. The second kappa shape index (κ2) is 69.5. The normalized spacial score (nSPS) is 13.9. The van der Waals surface area contributed by atoms with E-state index in [1.165, 1.54) is 231 Å². The summed E-state index contributed by atoms with van der Waals surface area (Å²) in [5, 5.41) is 10.6. The van der Waals surface area contributed by atoms with Crippen LogP contribution in [0.3, 0.4) is 0 Å². The Hall–Kier alpha value is -1.94. The predicted octanol–water partition coefficient (Wildman–Crippen LogP) is 22.2. The summed E-state index contributed by atoms with van der Waals surface area (Å²) in [6, 6.07) is 0. The number of phosphoric ester groups is 2. The molecule has 0 aromatic heterocycles. The maximum absolute atomic E-state index is 13.1. The molecule has 0 amide bonds. The van der Waals surface area contributed by atoms with Crippen molar-refractivity contribution in [1.82, 2.24) is 0 Å². The van der Waals surface area contributed by atoms with Gasteiger partial charge in [-0.25, -0.2) is 9.13 Å². The summed E-state index contributed by atoms with van der Waals surface area (Å²) in [6.45, 7) is 4.97. The Balaban J connectivity index is 5.21. The molecule has 19 heteroatoms. The molecule has 0 spiro atoms.